The number of hydrogen-bond donors (Lipinski definition) is 2. The third-order valence-electron chi connectivity index (χ3n) is 4.10. The van der Waals surface area contributed by atoms with Crippen LogP contribution in [-0.2, 0) is 10.9 Å². The van der Waals surface area contributed by atoms with E-state index in [1.807, 2.05) is 4.90 Å². The van der Waals surface area contributed by atoms with E-state index in [1.165, 1.54) is 13.2 Å². The zero-order chi connectivity index (χ0) is 20.9. The highest BCUT2D eigenvalue weighted by Crippen LogP contribution is 2.35. The van der Waals surface area contributed by atoms with Crippen molar-refractivity contribution in [2.45, 2.75) is 6.18 Å². The number of aromatic nitrogens is 3. The monoisotopic (exact) mass is 416 g/mol. The second-order valence-electron chi connectivity index (χ2n) is 6.00. The number of nitrogens with zero attached hydrogens (tertiary/aromatic N) is 4. The van der Waals surface area contributed by atoms with Gasteiger partial charge in [-0.15, -0.1) is 0 Å². The minimum Gasteiger partial charge on any atom is -0.488 e. The van der Waals surface area contributed by atoms with Crippen LogP contribution < -0.4 is 20.3 Å². The van der Waals surface area contributed by atoms with E-state index in [1.54, 1.807) is 6.07 Å². The topological polar surface area (TPSA) is 84.4 Å². The Morgan fingerprint density at radius 1 is 1.21 bits per heavy atom. The highest BCUT2D eigenvalue weighted by Gasteiger charge is 2.35. The highest BCUT2D eigenvalue weighted by molar-refractivity contribution is 5.65. The number of morpholine rings is 1. The van der Waals surface area contributed by atoms with Crippen LogP contribution in [0.3, 0.4) is 0 Å². The lowest BCUT2D eigenvalue weighted by molar-refractivity contribution is -0.137. The molecule has 2 aromatic heterocycles. The Morgan fingerprint density at radius 2 is 1.97 bits per heavy atom. The predicted molar refractivity (Wildman–Crippen MR) is 98.6 cm³/mol. The molecule has 0 amide bonds. The third-order valence-corrected chi connectivity index (χ3v) is 4.10. The van der Waals surface area contributed by atoms with E-state index in [4.69, 9.17) is 9.47 Å². The second-order valence-corrected chi connectivity index (χ2v) is 6.00. The molecule has 1 saturated heterocycles. The maximum absolute atomic E-state index is 13.0. The molecule has 0 unspecified atom stereocenters. The molecule has 0 aliphatic carbocycles. The molecule has 1 aliphatic rings. The van der Waals surface area contributed by atoms with E-state index in [-0.39, 0.29) is 24.1 Å². The molecule has 0 saturated carbocycles. The summed E-state index contributed by atoms with van der Waals surface area (Å²) < 4.78 is 62.4. The first-order valence-electron chi connectivity index (χ1n) is 8.83. The smallest absolute Gasteiger partial charge is 0.421 e. The number of alkyl halides is 4. The Morgan fingerprint density at radius 3 is 2.62 bits per heavy atom. The quantitative estimate of drug-likeness (QED) is 0.667. The first kappa shape index (κ1) is 20.8. The van der Waals surface area contributed by atoms with E-state index in [0.717, 1.165) is 0 Å². The van der Waals surface area contributed by atoms with Crippen LogP contribution in [0.25, 0.3) is 0 Å². The molecule has 3 heterocycles. The molecular formula is C17H20F4N6O2. The maximum Gasteiger partial charge on any atom is 0.421 e. The van der Waals surface area contributed by atoms with Gasteiger partial charge in [0.15, 0.2) is 0 Å². The van der Waals surface area contributed by atoms with E-state index < -0.39 is 18.4 Å². The molecule has 29 heavy (non-hydrogen) atoms. The van der Waals surface area contributed by atoms with Crippen LogP contribution in [0.15, 0.2) is 18.5 Å². The summed E-state index contributed by atoms with van der Waals surface area (Å²) in [6, 6.07) is 1.63. The minimum absolute atomic E-state index is 0.0895. The molecule has 2 aromatic rings. The van der Waals surface area contributed by atoms with Crippen molar-refractivity contribution in [3.63, 3.8) is 0 Å². The number of halogens is 4. The van der Waals surface area contributed by atoms with Gasteiger partial charge in [0.05, 0.1) is 19.4 Å². The lowest BCUT2D eigenvalue weighted by Gasteiger charge is -2.28. The fourth-order valence-electron chi connectivity index (χ4n) is 2.71. The van der Waals surface area contributed by atoms with Gasteiger partial charge in [0, 0.05) is 32.4 Å². The van der Waals surface area contributed by atoms with Crippen LogP contribution in [0, 0.1) is 0 Å². The lowest BCUT2D eigenvalue weighted by Crippen LogP contribution is -2.36. The van der Waals surface area contributed by atoms with Gasteiger partial charge in [0.1, 0.15) is 41.9 Å². The molecule has 1 fully saturated rings. The van der Waals surface area contributed by atoms with Crippen LogP contribution in [-0.4, -0.2) is 61.6 Å². The Hall–Kier alpha value is -2.89. The lowest BCUT2D eigenvalue weighted by atomic mass is 10.3. The Kier molecular flexibility index (Phi) is 6.52. The average molecular weight is 416 g/mol. The van der Waals surface area contributed by atoms with Crippen molar-refractivity contribution in [1.29, 1.82) is 0 Å². The number of rotatable bonds is 7. The Balaban J connectivity index is 1.87. The third kappa shape index (κ3) is 5.13. The number of nitrogens with one attached hydrogen (secondary N) is 2. The van der Waals surface area contributed by atoms with Crippen LogP contribution in [0.1, 0.15) is 5.56 Å². The molecule has 0 radical (unpaired) electrons. The summed E-state index contributed by atoms with van der Waals surface area (Å²) in [4.78, 5) is 13.9. The molecule has 3 rings (SSSR count). The van der Waals surface area contributed by atoms with Gasteiger partial charge in [-0.25, -0.2) is 14.4 Å². The summed E-state index contributed by atoms with van der Waals surface area (Å²) in [6.45, 7) is 1.54. The zero-order valence-corrected chi connectivity index (χ0v) is 15.6. The van der Waals surface area contributed by atoms with Crippen LogP contribution >= 0.6 is 0 Å². The minimum atomic E-state index is -4.59. The fraction of sp³-hybridized carbons (Fsp3) is 0.471. The molecule has 0 atom stereocenters. The number of anilines is 4. The Bertz CT molecular complexity index is 830. The summed E-state index contributed by atoms with van der Waals surface area (Å²) in [5.74, 6) is 0.443. The first-order valence-corrected chi connectivity index (χ1v) is 8.83. The molecule has 0 bridgehead atoms. The van der Waals surface area contributed by atoms with Crippen LogP contribution in [0.5, 0.6) is 5.75 Å². The summed E-state index contributed by atoms with van der Waals surface area (Å²) in [7, 11) is 1.33. The molecule has 158 valence electrons. The molecule has 1 aliphatic heterocycles. The predicted octanol–water partition coefficient (Wildman–Crippen LogP) is 2.86. The molecule has 8 nitrogen and oxygen atoms in total. The number of ether oxygens (including phenoxy) is 2. The van der Waals surface area contributed by atoms with Crippen molar-refractivity contribution in [3.8, 4) is 5.75 Å². The second kappa shape index (κ2) is 9.07. The molecule has 2 N–H and O–H groups in total. The van der Waals surface area contributed by atoms with Gasteiger partial charge in [-0.1, -0.05) is 0 Å². The normalized spacial score (nSPS) is 14.6. The van der Waals surface area contributed by atoms with E-state index in [9.17, 15) is 17.6 Å². The number of pyridine rings is 1. The summed E-state index contributed by atoms with van der Waals surface area (Å²) in [5, 5.41) is 5.19. The maximum atomic E-state index is 13.0. The van der Waals surface area contributed by atoms with Gasteiger partial charge in [-0.2, -0.15) is 18.2 Å². The summed E-state index contributed by atoms with van der Waals surface area (Å²) in [5.41, 5.74) is -0.683. The molecule has 0 spiro atoms. The van der Waals surface area contributed by atoms with Gasteiger partial charge in [0.2, 0.25) is 5.95 Å². The SMILES string of the molecule is CNc1nc(Nc2cnc(N3CCOCC3)cc2OCCF)ncc1C(F)(F)F. The standard InChI is InChI=1S/C17H20F4N6O2/c1-22-15-11(17(19,20)21)9-24-16(26-15)25-12-10-23-14(8-13(12)29-5-2-18)27-3-6-28-7-4-27/h8-10H,2-7H2,1H3,(H2,22,24,25,26). The summed E-state index contributed by atoms with van der Waals surface area (Å²) in [6.07, 6.45) is -2.47. The van der Waals surface area contributed by atoms with Crippen molar-refractivity contribution in [2.75, 3.05) is 62.2 Å². The fourth-order valence-corrected chi connectivity index (χ4v) is 2.71. The average Bonchev–Trinajstić information content (AvgIpc) is 2.72. The Labute approximate surface area is 164 Å². The molecule has 12 heteroatoms. The van der Waals surface area contributed by atoms with Crippen molar-refractivity contribution >= 4 is 23.3 Å². The van der Waals surface area contributed by atoms with E-state index in [0.29, 0.717) is 44.0 Å². The van der Waals surface area contributed by atoms with Crippen molar-refractivity contribution < 1.29 is 27.0 Å². The van der Waals surface area contributed by atoms with Crippen LogP contribution in [0.4, 0.5) is 40.8 Å². The van der Waals surface area contributed by atoms with Crippen molar-refractivity contribution in [2.24, 2.45) is 0 Å². The largest absolute Gasteiger partial charge is 0.488 e. The van der Waals surface area contributed by atoms with Crippen molar-refractivity contribution in [1.82, 2.24) is 15.0 Å². The highest BCUT2D eigenvalue weighted by atomic mass is 19.4. The first-order chi connectivity index (χ1) is 13.9. The zero-order valence-electron chi connectivity index (χ0n) is 15.6. The molecular weight excluding hydrogens is 396 g/mol. The van der Waals surface area contributed by atoms with Gasteiger partial charge in [-0.05, 0) is 0 Å². The molecule has 0 aromatic carbocycles. The number of hydrogen-bond acceptors (Lipinski definition) is 8. The van der Waals surface area contributed by atoms with Crippen molar-refractivity contribution in [3.05, 3.63) is 24.0 Å². The van der Waals surface area contributed by atoms with Gasteiger partial charge in [-0.3, -0.25) is 0 Å². The van der Waals surface area contributed by atoms with Gasteiger partial charge >= 0.3 is 6.18 Å². The van der Waals surface area contributed by atoms with Gasteiger partial charge in [0.25, 0.3) is 0 Å². The van der Waals surface area contributed by atoms with Crippen LogP contribution in [0.2, 0.25) is 0 Å². The van der Waals surface area contributed by atoms with E-state index in [2.05, 4.69) is 25.6 Å². The van der Waals surface area contributed by atoms with E-state index >= 15 is 0 Å². The van der Waals surface area contributed by atoms with Gasteiger partial charge < -0.3 is 25.0 Å². The summed E-state index contributed by atoms with van der Waals surface area (Å²) >= 11 is 0.